The second-order valence-corrected chi connectivity index (χ2v) is 11.3. The van der Waals surface area contributed by atoms with Crippen LogP contribution < -0.4 is 0 Å². The molecule has 0 aliphatic rings. The van der Waals surface area contributed by atoms with Crippen molar-refractivity contribution in [3.8, 4) is 67.5 Å². The largest absolute Gasteiger partial charge is 0.208 e. The van der Waals surface area contributed by atoms with Gasteiger partial charge in [-0.3, -0.25) is 0 Å². The van der Waals surface area contributed by atoms with E-state index in [9.17, 15) is 8.22 Å². The molecule has 2 heterocycles. The molecule has 2 aromatic heterocycles. The lowest BCUT2D eigenvalue weighted by molar-refractivity contribution is 1.07. The number of aromatic nitrogens is 3. The molecule has 4 heteroatoms. The first-order chi connectivity index (χ1) is 36.3. The summed E-state index contributed by atoms with van der Waals surface area (Å²) in [6.07, 6.45) is 0. The monoisotopic (exact) mass is 685 g/mol. The molecule has 0 fully saturated rings. The zero-order valence-electron chi connectivity index (χ0n) is 53.2. The highest BCUT2D eigenvalue weighted by molar-refractivity contribution is 7.26. The molecule has 9 aromatic rings. The number of benzene rings is 7. The maximum atomic E-state index is 9.76. The lowest BCUT2D eigenvalue weighted by atomic mass is 9.99. The molecule has 0 aliphatic carbocycles. The number of hydrogen-bond donors (Lipinski definition) is 0. The summed E-state index contributed by atoms with van der Waals surface area (Å²) in [7, 11) is 0. The van der Waals surface area contributed by atoms with Crippen LogP contribution in [-0.2, 0) is 0 Å². The Labute approximate surface area is 334 Å². The van der Waals surface area contributed by atoms with Crippen LogP contribution in [-0.4, -0.2) is 15.0 Å². The number of thiophene rings is 1. The van der Waals surface area contributed by atoms with Gasteiger partial charge in [0.1, 0.15) is 0 Å². The number of fused-ring (bicyclic) bond motifs is 3. The molecule has 0 amide bonds. The minimum Gasteiger partial charge on any atom is -0.208 e. The highest BCUT2D eigenvalue weighted by Crippen LogP contribution is 2.44. The van der Waals surface area contributed by atoms with Gasteiger partial charge in [0.25, 0.3) is 0 Å². The number of hydrogen-bond acceptors (Lipinski definition) is 4. The summed E-state index contributed by atoms with van der Waals surface area (Å²) >= 11 is 0.545. The fourth-order valence-corrected chi connectivity index (χ4v) is 6.17. The molecule has 3 nitrogen and oxygen atoms in total. The SMILES string of the molecule is [2H]c1c([2H])c([2H])c(-c2nc(-c3c([2H])c([2H])c(-c4c([2H])c([2H])c([2H])c(C)c4[2H])c([2H])c3[2H])nc(-c3c([2H])c([2H])c([2H])c(-c4c([2H])c([2H])c([2H])c5c4sc4c(-c6c([2H])c([2H])c([2H])c([2H])c6[2H])c([2H])c([2H])c([2H])c45)c3[2H])n2)c([2H])c1[2H]. The normalized spacial score (nSPS) is 19.1. The van der Waals surface area contributed by atoms with Crippen molar-refractivity contribution in [1.29, 1.82) is 0 Å². The van der Waals surface area contributed by atoms with Crippen molar-refractivity contribution in [2.45, 2.75) is 6.92 Å². The quantitative estimate of drug-likeness (QED) is 0.175. The second kappa shape index (κ2) is 12.7. The van der Waals surface area contributed by atoms with E-state index in [0.717, 1.165) is 0 Å². The molecule has 0 radical (unpaired) electrons. The van der Waals surface area contributed by atoms with Gasteiger partial charge < -0.3 is 0 Å². The first-order valence-electron chi connectivity index (χ1n) is 28.5. The van der Waals surface area contributed by atoms with E-state index in [0.29, 0.717) is 11.3 Å². The third kappa shape index (κ3) is 5.56. The Bertz CT molecular complexity index is 4150. The zero-order chi connectivity index (χ0) is 57.8. The summed E-state index contributed by atoms with van der Waals surface area (Å²) in [4.78, 5) is 12.9. The fourth-order valence-electron chi connectivity index (χ4n) is 4.94. The van der Waals surface area contributed by atoms with E-state index in [2.05, 4.69) is 15.0 Å². The van der Waals surface area contributed by atoms with Gasteiger partial charge in [0, 0.05) is 36.9 Å². The van der Waals surface area contributed by atoms with Gasteiger partial charge in [0.2, 0.25) is 0 Å². The summed E-state index contributed by atoms with van der Waals surface area (Å²) in [5, 5.41) is -0.727. The third-order valence-corrected chi connectivity index (χ3v) is 8.39. The van der Waals surface area contributed by atoms with Gasteiger partial charge >= 0.3 is 0 Å². The van der Waals surface area contributed by atoms with Gasteiger partial charge in [0.05, 0.1) is 38.4 Å². The predicted molar refractivity (Wildman–Crippen MR) is 210 cm³/mol. The molecular formula is C46H31N3S. The van der Waals surface area contributed by atoms with Crippen LogP contribution in [0.5, 0.6) is 0 Å². The maximum Gasteiger partial charge on any atom is 0.164 e. The van der Waals surface area contributed by atoms with Crippen molar-refractivity contribution in [3.63, 3.8) is 0 Å². The van der Waals surface area contributed by atoms with Crippen molar-refractivity contribution in [1.82, 2.24) is 15.0 Å². The van der Waals surface area contributed by atoms with Gasteiger partial charge in [-0.15, -0.1) is 11.3 Å². The molecule has 236 valence electrons. The Balaban J connectivity index is 1.42. The molecule has 9 rings (SSSR count). The average Bonchev–Trinajstić information content (AvgIpc) is 3.83. The van der Waals surface area contributed by atoms with Crippen molar-refractivity contribution < 1.29 is 38.4 Å². The molecule has 0 spiro atoms. The van der Waals surface area contributed by atoms with Gasteiger partial charge in [0.15, 0.2) is 17.5 Å². The molecule has 0 bridgehead atoms. The van der Waals surface area contributed by atoms with Crippen LogP contribution in [0.1, 0.15) is 43.9 Å². The smallest absolute Gasteiger partial charge is 0.164 e. The minimum absolute atomic E-state index is 0.120. The lowest BCUT2D eigenvalue weighted by Crippen LogP contribution is -2.00. The third-order valence-electron chi connectivity index (χ3n) is 7.17. The highest BCUT2D eigenvalue weighted by Gasteiger charge is 2.16. The molecule has 0 N–H and O–H groups in total. The number of rotatable bonds is 6. The minimum atomic E-state index is -1.02. The van der Waals surface area contributed by atoms with Crippen LogP contribution in [0.4, 0.5) is 0 Å². The molecule has 0 atom stereocenters. The number of nitrogens with zero attached hydrogens (tertiary/aromatic N) is 3. The van der Waals surface area contributed by atoms with Crippen molar-refractivity contribution in [3.05, 3.63) is 175 Å². The van der Waals surface area contributed by atoms with E-state index in [-0.39, 0.29) is 25.7 Å². The lowest BCUT2D eigenvalue weighted by Gasteiger charge is -2.10. The van der Waals surface area contributed by atoms with Crippen LogP contribution in [0.25, 0.3) is 87.7 Å². The Morgan fingerprint density at radius 2 is 0.840 bits per heavy atom. The van der Waals surface area contributed by atoms with Crippen molar-refractivity contribution >= 4 is 31.5 Å². The summed E-state index contributed by atoms with van der Waals surface area (Å²) in [6, 6.07) is -23.7. The highest BCUT2D eigenvalue weighted by atomic mass is 32.1. The molecular weight excluding hydrogens is 627 g/mol. The first-order valence-corrected chi connectivity index (χ1v) is 15.3. The van der Waals surface area contributed by atoms with E-state index < -0.39 is 237 Å². The Morgan fingerprint density at radius 3 is 1.50 bits per heavy atom. The topological polar surface area (TPSA) is 38.7 Å². The van der Waals surface area contributed by atoms with E-state index in [1.807, 2.05) is 0 Å². The molecule has 0 saturated carbocycles. The molecule has 7 aromatic carbocycles. The van der Waals surface area contributed by atoms with E-state index in [4.69, 9.17) is 30.2 Å². The van der Waals surface area contributed by atoms with Crippen LogP contribution in [0, 0.1) is 6.92 Å². The first kappa shape index (κ1) is 12.6. The maximum absolute atomic E-state index is 9.76. The summed E-state index contributed by atoms with van der Waals surface area (Å²) < 4.78 is 246. The zero-order valence-corrected chi connectivity index (χ0v) is 26.1. The standard InChI is InChI=1S/C46H31N3S/c1-30-12-8-17-35(28-30)31-24-26-34(27-25-31)45-47-44(33-15-6-3-7-16-33)48-46(49-45)37-19-9-18-36(29-37)39-21-11-23-41-40-22-10-20-38(42(40)50-43(39)41)32-13-4-2-5-14-32/h2-29H,1H3/i2D,3D,4D,5D,6D,7D,8D,9D,10D,11D,12D,13D,14D,15D,16D,17D,18D,19D,20D,21D,22D,23D,24D,25D,26D,27D,28D,29D. The van der Waals surface area contributed by atoms with Crippen molar-refractivity contribution in [2.75, 3.05) is 0 Å². The van der Waals surface area contributed by atoms with Gasteiger partial charge in [-0.1, -0.05) is 169 Å². The molecule has 50 heavy (non-hydrogen) atoms. The van der Waals surface area contributed by atoms with Crippen LogP contribution in [0.2, 0.25) is 0 Å². The summed E-state index contributed by atoms with van der Waals surface area (Å²) in [6.45, 7) is 1.29. The van der Waals surface area contributed by atoms with E-state index >= 15 is 0 Å². The molecule has 0 saturated heterocycles. The van der Waals surface area contributed by atoms with E-state index in [1.54, 1.807) is 0 Å². The van der Waals surface area contributed by atoms with Crippen molar-refractivity contribution in [2.24, 2.45) is 0 Å². The summed E-state index contributed by atoms with van der Waals surface area (Å²) in [5.74, 6) is -2.62. The second-order valence-electron chi connectivity index (χ2n) is 10.3. The Kier molecular flexibility index (Phi) is 3.19. The predicted octanol–water partition coefficient (Wildman–Crippen LogP) is 12.5. The van der Waals surface area contributed by atoms with Gasteiger partial charge in [-0.25, -0.2) is 15.0 Å². The van der Waals surface area contributed by atoms with E-state index in [1.165, 1.54) is 6.92 Å². The molecule has 0 aliphatic heterocycles. The average molecular weight is 686 g/mol. The van der Waals surface area contributed by atoms with Gasteiger partial charge in [-0.2, -0.15) is 0 Å². The Morgan fingerprint density at radius 1 is 0.380 bits per heavy atom. The summed E-state index contributed by atoms with van der Waals surface area (Å²) in [5.41, 5.74) is -6.02. The Hall–Kier alpha value is -6.23. The van der Waals surface area contributed by atoms with Crippen LogP contribution in [0.15, 0.2) is 169 Å². The van der Waals surface area contributed by atoms with Crippen LogP contribution >= 0.6 is 11.3 Å². The molecule has 0 unspecified atom stereocenters. The fraction of sp³-hybridized carbons (Fsp3) is 0.0217. The van der Waals surface area contributed by atoms with Gasteiger partial charge in [-0.05, 0) is 46.3 Å². The van der Waals surface area contributed by atoms with Crippen LogP contribution in [0.3, 0.4) is 0 Å².